The molecule has 0 aliphatic heterocycles. The Morgan fingerprint density at radius 1 is 1.00 bits per heavy atom. The van der Waals surface area contributed by atoms with Crippen molar-refractivity contribution in [2.75, 3.05) is 6.61 Å². The number of aliphatic hydroxyl groups excluding tert-OH is 3. The number of aliphatic hydroxyl groups is 4. The first-order valence-corrected chi connectivity index (χ1v) is 9.50. The van der Waals surface area contributed by atoms with Crippen molar-refractivity contribution in [3.8, 4) is 0 Å². The van der Waals surface area contributed by atoms with E-state index in [-0.39, 0.29) is 41.0 Å². The molecule has 0 radical (unpaired) electrons. The van der Waals surface area contributed by atoms with E-state index in [0.29, 0.717) is 5.92 Å². The maximum absolute atomic E-state index is 10.4. The van der Waals surface area contributed by atoms with Gasteiger partial charge in [0.25, 0.3) is 0 Å². The second-order valence-corrected chi connectivity index (χ2v) is 10.1. The standard InChI is InChI=1S/C13H24O2.C7H14O2/c1-11(2)8-6-7-13(11,5)10(14)9(8)12(3,4)15;1-7(5-8)4-2-3-6(7)9/h8-10,14-15H,6-7H2,1-5H3;6,8-9H,2-5H2,1H3. The highest BCUT2D eigenvalue weighted by Crippen LogP contribution is 2.69. The second-order valence-electron chi connectivity index (χ2n) is 10.1. The maximum atomic E-state index is 10.4. The van der Waals surface area contributed by atoms with Crippen molar-refractivity contribution in [3.05, 3.63) is 0 Å². The van der Waals surface area contributed by atoms with E-state index in [4.69, 9.17) is 5.11 Å². The summed E-state index contributed by atoms with van der Waals surface area (Å²) in [6, 6.07) is 0. The Morgan fingerprint density at radius 3 is 1.83 bits per heavy atom. The molecule has 0 aromatic heterocycles. The van der Waals surface area contributed by atoms with Gasteiger partial charge < -0.3 is 20.4 Å². The van der Waals surface area contributed by atoms with Crippen LogP contribution >= 0.6 is 0 Å². The summed E-state index contributed by atoms with van der Waals surface area (Å²) >= 11 is 0. The molecule has 0 spiro atoms. The van der Waals surface area contributed by atoms with Gasteiger partial charge in [-0.15, -0.1) is 0 Å². The number of rotatable bonds is 2. The molecule has 3 saturated carbocycles. The van der Waals surface area contributed by atoms with E-state index in [1.807, 2.05) is 20.8 Å². The van der Waals surface area contributed by atoms with Crippen molar-refractivity contribution in [3.63, 3.8) is 0 Å². The molecule has 4 N–H and O–H groups in total. The van der Waals surface area contributed by atoms with Crippen LogP contribution in [0.2, 0.25) is 0 Å². The van der Waals surface area contributed by atoms with Crippen molar-refractivity contribution in [1.29, 1.82) is 0 Å². The van der Waals surface area contributed by atoms with Crippen LogP contribution < -0.4 is 0 Å². The van der Waals surface area contributed by atoms with E-state index in [9.17, 15) is 15.3 Å². The minimum Gasteiger partial charge on any atom is -0.396 e. The van der Waals surface area contributed by atoms with E-state index in [1.54, 1.807) is 0 Å². The third-order valence-electron chi connectivity index (χ3n) is 8.01. The average molecular weight is 343 g/mol. The Bertz CT molecular complexity index is 455. The molecule has 3 aliphatic rings. The van der Waals surface area contributed by atoms with Gasteiger partial charge in [0, 0.05) is 11.3 Å². The first-order valence-electron chi connectivity index (χ1n) is 9.50. The van der Waals surface area contributed by atoms with Crippen molar-refractivity contribution >= 4 is 0 Å². The van der Waals surface area contributed by atoms with Crippen molar-refractivity contribution < 1.29 is 20.4 Å². The number of fused-ring (bicyclic) bond motifs is 2. The second kappa shape index (κ2) is 6.22. The summed E-state index contributed by atoms with van der Waals surface area (Å²) in [6.45, 7) is 12.4. The maximum Gasteiger partial charge on any atom is 0.0657 e. The molecular formula is C20H38O4. The third-order valence-corrected chi connectivity index (χ3v) is 8.01. The van der Waals surface area contributed by atoms with Crippen LogP contribution in [-0.4, -0.2) is 44.8 Å². The van der Waals surface area contributed by atoms with Gasteiger partial charge in [-0.25, -0.2) is 0 Å². The van der Waals surface area contributed by atoms with E-state index in [0.717, 1.165) is 32.1 Å². The molecule has 3 aliphatic carbocycles. The molecule has 142 valence electrons. The van der Waals surface area contributed by atoms with Crippen LogP contribution in [0.5, 0.6) is 0 Å². The third kappa shape index (κ3) is 2.94. The predicted octanol–water partition coefficient (Wildman–Crippen LogP) is 2.72. The van der Waals surface area contributed by atoms with Crippen LogP contribution in [0, 0.1) is 28.1 Å². The Balaban J connectivity index is 0.000000198. The SMILES string of the molecule is CC(C)(O)C1C2CCC(C)(C1O)C2(C)C.CC1(CO)CCCC1O. The highest BCUT2D eigenvalue weighted by Gasteiger charge is 2.68. The fraction of sp³-hybridized carbons (Fsp3) is 1.00. The Kier molecular flexibility index (Phi) is 5.23. The smallest absolute Gasteiger partial charge is 0.0657 e. The van der Waals surface area contributed by atoms with Gasteiger partial charge >= 0.3 is 0 Å². The van der Waals surface area contributed by atoms with Gasteiger partial charge in [-0.1, -0.05) is 34.1 Å². The zero-order valence-corrected chi connectivity index (χ0v) is 16.3. The van der Waals surface area contributed by atoms with Crippen LogP contribution in [0.15, 0.2) is 0 Å². The van der Waals surface area contributed by atoms with Gasteiger partial charge in [0.15, 0.2) is 0 Å². The fourth-order valence-corrected chi connectivity index (χ4v) is 5.61. The first-order chi connectivity index (χ1) is 10.8. The lowest BCUT2D eigenvalue weighted by Gasteiger charge is -2.40. The van der Waals surface area contributed by atoms with E-state index in [2.05, 4.69) is 20.8 Å². The van der Waals surface area contributed by atoms with Gasteiger partial charge in [0.05, 0.1) is 24.4 Å². The zero-order valence-electron chi connectivity index (χ0n) is 16.3. The summed E-state index contributed by atoms with van der Waals surface area (Å²) in [6.07, 6.45) is 4.49. The molecule has 0 saturated heterocycles. The minimum absolute atomic E-state index is 0.0116. The van der Waals surface area contributed by atoms with Gasteiger partial charge in [-0.05, 0) is 56.3 Å². The topological polar surface area (TPSA) is 80.9 Å². The van der Waals surface area contributed by atoms with E-state index < -0.39 is 5.60 Å². The van der Waals surface area contributed by atoms with Gasteiger partial charge in [0.1, 0.15) is 0 Å². The lowest BCUT2D eigenvalue weighted by molar-refractivity contribution is -0.0886. The van der Waals surface area contributed by atoms with Crippen LogP contribution in [0.4, 0.5) is 0 Å². The molecule has 6 unspecified atom stereocenters. The molecule has 0 heterocycles. The quantitative estimate of drug-likeness (QED) is 0.622. The van der Waals surface area contributed by atoms with Crippen molar-refractivity contribution in [2.24, 2.45) is 28.1 Å². The lowest BCUT2D eigenvalue weighted by atomic mass is 9.70. The summed E-state index contributed by atoms with van der Waals surface area (Å²) in [5.74, 6) is 0.490. The molecule has 0 amide bonds. The minimum atomic E-state index is -0.764. The molecule has 4 nitrogen and oxygen atoms in total. The first kappa shape index (κ1) is 20.2. The van der Waals surface area contributed by atoms with Gasteiger partial charge in [-0.3, -0.25) is 0 Å². The fourth-order valence-electron chi connectivity index (χ4n) is 5.61. The molecule has 3 fully saturated rings. The highest BCUT2D eigenvalue weighted by molar-refractivity contribution is 5.16. The number of hydrogen-bond acceptors (Lipinski definition) is 4. The number of hydrogen-bond donors (Lipinski definition) is 4. The normalized spacial score (nSPS) is 46.8. The van der Waals surface area contributed by atoms with E-state index in [1.165, 1.54) is 0 Å². The summed E-state index contributed by atoms with van der Waals surface area (Å²) in [7, 11) is 0. The molecule has 24 heavy (non-hydrogen) atoms. The summed E-state index contributed by atoms with van der Waals surface area (Å²) in [5, 5.41) is 38.8. The zero-order chi connectivity index (χ0) is 18.6. The van der Waals surface area contributed by atoms with Gasteiger partial charge in [-0.2, -0.15) is 0 Å². The summed E-state index contributed by atoms with van der Waals surface area (Å²) in [4.78, 5) is 0. The Hall–Kier alpha value is -0.160. The van der Waals surface area contributed by atoms with Crippen molar-refractivity contribution in [2.45, 2.75) is 91.5 Å². The molecule has 0 aromatic carbocycles. The Labute approximate surface area is 147 Å². The summed E-state index contributed by atoms with van der Waals surface area (Å²) in [5.41, 5.74) is -0.820. The van der Waals surface area contributed by atoms with E-state index >= 15 is 0 Å². The van der Waals surface area contributed by atoms with Crippen LogP contribution in [-0.2, 0) is 0 Å². The molecule has 4 heteroatoms. The highest BCUT2D eigenvalue weighted by atomic mass is 16.3. The lowest BCUT2D eigenvalue weighted by Crippen LogP contribution is -2.45. The molecule has 0 aromatic rings. The van der Waals surface area contributed by atoms with Crippen LogP contribution in [0.25, 0.3) is 0 Å². The van der Waals surface area contributed by atoms with Crippen LogP contribution in [0.1, 0.15) is 73.6 Å². The summed E-state index contributed by atoms with van der Waals surface area (Å²) < 4.78 is 0. The molecule has 3 rings (SSSR count). The van der Waals surface area contributed by atoms with Crippen molar-refractivity contribution in [1.82, 2.24) is 0 Å². The van der Waals surface area contributed by atoms with Gasteiger partial charge in [0.2, 0.25) is 0 Å². The largest absolute Gasteiger partial charge is 0.396 e. The molecular weight excluding hydrogens is 304 g/mol. The average Bonchev–Trinajstić information content (AvgIpc) is 2.96. The predicted molar refractivity (Wildman–Crippen MR) is 95.5 cm³/mol. The molecule has 6 atom stereocenters. The molecule has 2 bridgehead atoms. The van der Waals surface area contributed by atoms with Crippen LogP contribution in [0.3, 0.4) is 0 Å². The Morgan fingerprint density at radius 2 is 1.58 bits per heavy atom. The monoisotopic (exact) mass is 342 g/mol.